The van der Waals surface area contributed by atoms with Crippen molar-refractivity contribution in [2.45, 2.75) is 25.9 Å². The number of amides is 1. The Kier molecular flexibility index (Phi) is 5.07. The van der Waals surface area contributed by atoms with Gasteiger partial charge >= 0.3 is 0 Å². The van der Waals surface area contributed by atoms with Crippen molar-refractivity contribution in [3.63, 3.8) is 0 Å². The fourth-order valence-electron chi connectivity index (χ4n) is 4.72. The van der Waals surface area contributed by atoms with Crippen LogP contribution in [0.1, 0.15) is 28.2 Å². The smallest absolute Gasteiger partial charge is 0.254 e. The summed E-state index contributed by atoms with van der Waals surface area (Å²) in [6, 6.07) is 11.8. The highest BCUT2D eigenvalue weighted by atomic mass is 16.3. The lowest BCUT2D eigenvalue weighted by Crippen LogP contribution is -2.41. The number of aryl methyl sites for hydroxylation is 3. The molecule has 1 aliphatic rings. The maximum Gasteiger partial charge on any atom is 0.254 e. The largest absolute Gasteiger partial charge is 0.387 e. The zero-order chi connectivity index (χ0) is 23.3. The third-order valence-corrected chi connectivity index (χ3v) is 6.60. The van der Waals surface area contributed by atoms with E-state index in [9.17, 15) is 9.90 Å². The maximum absolute atomic E-state index is 13.1. The predicted octanol–water partition coefficient (Wildman–Crippen LogP) is 2.55. The van der Waals surface area contributed by atoms with E-state index in [0.717, 1.165) is 33.8 Å². The second-order valence-electron chi connectivity index (χ2n) is 8.94. The summed E-state index contributed by atoms with van der Waals surface area (Å²) in [5, 5.41) is 14.9. The molecule has 1 aromatic carbocycles. The van der Waals surface area contributed by atoms with Crippen LogP contribution in [-0.4, -0.2) is 60.3 Å². The van der Waals surface area contributed by atoms with Gasteiger partial charge in [0.1, 0.15) is 5.65 Å². The van der Waals surface area contributed by atoms with E-state index in [1.54, 1.807) is 4.90 Å². The number of aromatic nitrogens is 4. The van der Waals surface area contributed by atoms with E-state index >= 15 is 0 Å². The van der Waals surface area contributed by atoms with Crippen LogP contribution >= 0.6 is 0 Å². The summed E-state index contributed by atoms with van der Waals surface area (Å²) in [6.07, 6.45) is 4.40. The molecule has 0 aliphatic carbocycles. The molecule has 3 N–H and O–H groups in total. The van der Waals surface area contributed by atoms with Crippen molar-refractivity contribution in [2.24, 2.45) is 12.8 Å². The first-order valence-corrected chi connectivity index (χ1v) is 11.1. The normalized spacial score (nSPS) is 18.4. The number of rotatable bonds is 4. The number of β-amino-alcohol motifs (C(OH)–C–C–N with tert-alkyl or cyclic N) is 1. The fourth-order valence-corrected chi connectivity index (χ4v) is 4.72. The molecule has 0 radical (unpaired) electrons. The number of carbonyl (C=O) groups is 1. The number of nitrogens with two attached hydrogens (primary N) is 1. The Morgan fingerprint density at radius 2 is 1.94 bits per heavy atom. The number of hydrogen-bond donors (Lipinski definition) is 2. The summed E-state index contributed by atoms with van der Waals surface area (Å²) in [5.41, 5.74) is 11.9. The van der Waals surface area contributed by atoms with Crippen LogP contribution in [0.3, 0.4) is 0 Å². The number of fused-ring (bicyclic) bond motifs is 1. The van der Waals surface area contributed by atoms with Gasteiger partial charge in [0.25, 0.3) is 5.91 Å². The Morgan fingerprint density at radius 3 is 2.61 bits per heavy atom. The van der Waals surface area contributed by atoms with Crippen LogP contribution in [0.25, 0.3) is 28.0 Å². The molecule has 1 saturated heterocycles. The maximum atomic E-state index is 13.1. The number of benzene rings is 1. The lowest BCUT2D eigenvalue weighted by molar-refractivity contribution is 0.0507. The van der Waals surface area contributed by atoms with Crippen molar-refractivity contribution in [1.82, 2.24) is 24.1 Å². The minimum absolute atomic E-state index is 0.115. The van der Waals surface area contributed by atoms with Crippen molar-refractivity contribution in [1.29, 1.82) is 0 Å². The Balaban J connectivity index is 1.54. The zero-order valence-corrected chi connectivity index (χ0v) is 19.1. The summed E-state index contributed by atoms with van der Waals surface area (Å²) < 4.78 is 3.82. The SMILES string of the molecule is Cc1nn(C)cc1-c1ccccc1-c1nc2cc(C(=O)N3CC[C@@](O)(CN)C3)ccn2c1C. The summed E-state index contributed by atoms with van der Waals surface area (Å²) in [6.45, 7) is 4.93. The molecule has 3 aromatic heterocycles. The van der Waals surface area contributed by atoms with Crippen molar-refractivity contribution in [2.75, 3.05) is 19.6 Å². The van der Waals surface area contributed by atoms with Crippen molar-refractivity contribution in [3.8, 4) is 22.4 Å². The first kappa shape index (κ1) is 21.4. The Hall–Kier alpha value is -3.49. The van der Waals surface area contributed by atoms with E-state index < -0.39 is 5.60 Å². The predicted molar refractivity (Wildman–Crippen MR) is 127 cm³/mol. The number of aliphatic hydroxyl groups is 1. The Labute approximate surface area is 192 Å². The van der Waals surface area contributed by atoms with Gasteiger partial charge in [-0.3, -0.25) is 9.48 Å². The van der Waals surface area contributed by atoms with Gasteiger partial charge in [0.2, 0.25) is 0 Å². The quantitative estimate of drug-likeness (QED) is 0.504. The molecule has 1 aliphatic heterocycles. The molecule has 0 unspecified atom stereocenters. The van der Waals surface area contributed by atoms with Crippen molar-refractivity contribution in [3.05, 3.63) is 65.7 Å². The van der Waals surface area contributed by atoms with Crippen LogP contribution in [0.4, 0.5) is 0 Å². The van der Waals surface area contributed by atoms with Crippen LogP contribution in [0.5, 0.6) is 0 Å². The molecule has 4 aromatic rings. The van der Waals surface area contributed by atoms with Gasteiger partial charge in [-0.1, -0.05) is 24.3 Å². The van der Waals surface area contributed by atoms with E-state index in [1.165, 1.54) is 0 Å². The lowest BCUT2D eigenvalue weighted by Gasteiger charge is -2.21. The molecular formula is C25H28N6O2. The molecule has 33 heavy (non-hydrogen) atoms. The standard InChI is InChI=1S/C25H28N6O2/c1-16-21(13-29(3)28-16)19-6-4-5-7-20(19)23-17(2)31-10-8-18(12-22(31)27-23)24(32)30-11-9-25(33,14-26)15-30/h4-8,10,12-13,33H,9,11,14-15,26H2,1-3H3/t25-/m1/s1. The third kappa shape index (κ3) is 3.61. The van der Waals surface area contributed by atoms with Crippen molar-refractivity contribution >= 4 is 11.6 Å². The molecule has 5 rings (SSSR count). The van der Waals surface area contributed by atoms with Gasteiger partial charge in [-0.05, 0) is 38.0 Å². The highest BCUT2D eigenvalue weighted by Gasteiger charge is 2.37. The van der Waals surface area contributed by atoms with Gasteiger partial charge in [0.05, 0.1) is 23.5 Å². The highest BCUT2D eigenvalue weighted by Crippen LogP contribution is 2.35. The van der Waals surface area contributed by atoms with Crippen LogP contribution in [0.2, 0.25) is 0 Å². The van der Waals surface area contributed by atoms with Gasteiger partial charge < -0.3 is 20.1 Å². The number of hydrogen-bond acceptors (Lipinski definition) is 5. The van der Waals surface area contributed by atoms with Crippen LogP contribution in [0.15, 0.2) is 48.8 Å². The molecule has 1 atom stereocenters. The monoisotopic (exact) mass is 444 g/mol. The summed E-state index contributed by atoms with van der Waals surface area (Å²) in [4.78, 5) is 19.6. The average molecular weight is 445 g/mol. The number of carbonyl (C=O) groups excluding carboxylic acids is 1. The van der Waals surface area contributed by atoms with Gasteiger partial charge in [-0.15, -0.1) is 0 Å². The molecule has 0 spiro atoms. The van der Waals surface area contributed by atoms with E-state index in [4.69, 9.17) is 10.7 Å². The molecule has 170 valence electrons. The number of nitrogens with zero attached hydrogens (tertiary/aromatic N) is 5. The molecule has 0 bridgehead atoms. The molecule has 8 heteroatoms. The molecular weight excluding hydrogens is 416 g/mol. The summed E-state index contributed by atoms with van der Waals surface area (Å²) in [7, 11) is 1.92. The first-order chi connectivity index (χ1) is 15.8. The molecule has 4 heterocycles. The zero-order valence-electron chi connectivity index (χ0n) is 19.1. The Bertz CT molecular complexity index is 1370. The van der Waals surface area contributed by atoms with Gasteiger partial charge in [0.15, 0.2) is 0 Å². The summed E-state index contributed by atoms with van der Waals surface area (Å²) in [5.74, 6) is -0.115. The fraction of sp³-hybridized carbons (Fsp3) is 0.320. The first-order valence-electron chi connectivity index (χ1n) is 11.1. The van der Waals surface area contributed by atoms with Crippen LogP contribution in [0, 0.1) is 13.8 Å². The molecule has 8 nitrogen and oxygen atoms in total. The second kappa shape index (κ2) is 7.83. The van der Waals surface area contributed by atoms with Crippen LogP contribution < -0.4 is 5.73 Å². The van der Waals surface area contributed by atoms with E-state index in [-0.39, 0.29) is 19.0 Å². The number of imidazole rings is 1. The van der Waals surface area contributed by atoms with Crippen LogP contribution in [-0.2, 0) is 7.05 Å². The van der Waals surface area contributed by atoms with E-state index in [1.807, 2.05) is 66.6 Å². The highest BCUT2D eigenvalue weighted by molar-refractivity contribution is 5.95. The minimum atomic E-state index is -0.995. The second-order valence-corrected chi connectivity index (χ2v) is 8.94. The average Bonchev–Trinajstić information content (AvgIpc) is 3.48. The molecule has 1 amide bonds. The topological polar surface area (TPSA) is 102 Å². The van der Waals surface area contributed by atoms with E-state index in [2.05, 4.69) is 17.2 Å². The molecule has 1 fully saturated rings. The summed E-state index contributed by atoms with van der Waals surface area (Å²) >= 11 is 0. The minimum Gasteiger partial charge on any atom is -0.387 e. The molecule has 0 saturated carbocycles. The van der Waals surface area contributed by atoms with Gasteiger partial charge in [-0.25, -0.2) is 4.98 Å². The lowest BCUT2D eigenvalue weighted by atomic mass is 9.97. The third-order valence-electron chi connectivity index (χ3n) is 6.60. The van der Waals surface area contributed by atoms with Crippen molar-refractivity contribution < 1.29 is 9.90 Å². The van der Waals surface area contributed by atoms with Gasteiger partial charge in [0, 0.05) is 54.9 Å². The van der Waals surface area contributed by atoms with Gasteiger partial charge in [-0.2, -0.15) is 5.10 Å². The Morgan fingerprint density at radius 1 is 1.18 bits per heavy atom. The number of likely N-dealkylation sites (tertiary alicyclic amines) is 1. The van der Waals surface area contributed by atoms with E-state index in [0.29, 0.717) is 24.2 Å². The number of pyridine rings is 1.